The number of rotatable bonds is 1. The Hall–Kier alpha value is -1.12. The molecule has 3 heteroatoms. The molecule has 1 aromatic rings. The smallest absolute Gasteiger partial charge is 0.148 e. The number of hydrogen-bond donors (Lipinski definition) is 0. The van der Waals surface area contributed by atoms with E-state index in [1.165, 1.54) is 19.3 Å². The molecule has 1 radical (unpaired) electrons. The highest BCUT2D eigenvalue weighted by Gasteiger charge is 2.19. The van der Waals surface area contributed by atoms with Gasteiger partial charge in [-0.05, 0) is 26.2 Å². The second-order valence-electron chi connectivity index (χ2n) is 3.54. The SMILES string of the molecule is CC1CCCCN1c1cnc[c]n1. The minimum absolute atomic E-state index is 0.596. The summed E-state index contributed by atoms with van der Waals surface area (Å²) in [6.07, 6.45) is 10.0. The van der Waals surface area contributed by atoms with Gasteiger partial charge in [0, 0.05) is 12.6 Å². The van der Waals surface area contributed by atoms with Crippen molar-refractivity contribution in [1.29, 1.82) is 0 Å². The van der Waals surface area contributed by atoms with Crippen LogP contribution in [0.4, 0.5) is 5.82 Å². The molecule has 0 N–H and O–H groups in total. The molecule has 13 heavy (non-hydrogen) atoms. The lowest BCUT2D eigenvalue weighted by atomic mass is 10.0. The van der Waals surface area contributed by atoms with Crippen molar-refractivity contribution >= 4 is 5.82 Å². The van der Waals surface area contributed by atoms with Crippen molar-refractivity contribution in [1.82, 2.24) is 9.97 Å². The van der Waals surface area contributed by atoms with E-state index in [0.29, 0.717) is 6.04 Å². The van der Waals surface area contributed by atoms with Gasteiger partial charge in [0.1, 0.15) is 12.0 Å². The second kappa shape index (κ2) is 3.73. The standard InChI is InChI=1S/C10H14N3/c1-9-4-2-3-7-13(9)10-8-11-5-6-12-10/h5,8-9H,2-4,7H2,1H3. The zero-order valence-electron chi connectivity index (χ0n) is 7.90. The molecule has 0 spiro atoms. The maximum Gasteiger partial charge on any atom is 0.148 e. The van der Waals surface area contributed by atoms with Gasteiger partial charge in [-0.1, -0.05) is 0 Å². The summed E-state index contributed by atoms with van der Waals surface area (Å²) < 4.78 is 0. The van der Waals surface area contributed by atoms with Crippen molar-refractivity contribution in [2.24, 2.45) is 0 Å². The van der Waals surface area contributed by atoms with Crippen LogP contribution in [-0.2, 0) is 0 Å². The number of aromatic nitrogens is 2. The Balaban J connectivity index is 2.15. The molecule has 0 bridgehead atoms. The summed E-state index contributed by atoms with van der Waals surface area (Å²) in [4.78, 5) is 10.5. The van der Waals surface area contributed by atoms with Crippen LogP contribution in [0.3, 0.4) is 0 Å². The van der Waals surface area contributed by atoms with Crippen LogP contribution >= 0.6 is 0 Å². The number of hydrogen-bond acceptors (Lipinski definition) is 3. The van der Waals surface area contributed by atoms with Crippen LogP contribution in [0.15, 0.2) is 12.4 Å². The van der Waals surface area contributed by atoms with E-state index in [1.807, 2.05) is 6.20 Å². The third-order valence-electron chi connectivity index (χ3n) is 2.60. The van der Waals surface area contributed by atoms with Crippen molar-refractivity contribution in [3.8, 4) is 0 Å². The summed E-state index contributed by atoms with van der Waals surface area (Å²) in [5.74, 6) is 0.967. The van der Waals surface area contributed by atoms with Gasteiger partial charge in [-0.3, -0.25) is 4.98 Å². The van der Waals surface area contributed by atoms with Crippen LogP contribution < -0.4 is 4.90 Å². The highest BCUT2D eigenvalue weighted by atomic mass is 15.2. The molecule has 1 aliphatic rings. The van der Waals surface area contributed by atoms with Gasteiger partial charge in [0.15, 0.2) is 0 Å². The monoisotopic (exact) mass is 176 g/mol. The molecule has 1 aromatic heterocycles. The Morgan fingerprint density at radius 3 is 3.15 bits per heavy atom. The van der Waals surface area contributed by atoms with Gasteiger partial charge in [-0.2, -0.15) is 0 Å². The van der Waals surface area contributed by atoms with Gasteiger partial charge in [0.25, 0.3) is 0 Å². The topological polar surface area (TPSA) is 29.0 Å². The maximum atomic E-state index is 4.19. The molecule has 2 heterocycles. The van der Waals surface area contributed by atoms with E-state index in [1.54, 1.807) is 6.20 Å². The van der Waals surface area contributed by atoms with Crippen LogP contribution in [0.2, 0.25) is 0 Å². The Morgan fingerprint density at radius 1 is 1.54 bits per heavy atom. The van der Waals surface area contributed by atoms with Gasteiger partial charge < -0.3 is 4.90 Å². The quantitative estimate of drug-likeness (QED) is 0.651. The van der Waals surface area contributed by atoms with E-state index >= 15 is 0 Å². The van der Waals surface area contributed by atoms with Gasteiger partial charge in [-0.25, -0.2) is 4.98 Å². The predicted molar refractivity (Wildman–Crippen MR) is 51.5 cm³/mol. The summed E-state index contributed by atoms with van der Waals surface area (Å²) in [6, 6.07) is 0.596. The van der Waals surface area contributed by atoms with E-state index in [9.17, 15) is 0 Å². The molecule has 1 fully saturated rings. The van der Waals surface area contributed by atoms with Crippen molar-refractivity contribution in [3.63, 3.8) is 0 Å². The molecule has 1 saturated heterocycles. The number of anilines is 1. The third-order valence-corrected chi connectivity index (χ3v) is 2.60. The fraction of sp³-hybridized carbons (Fsp3) is 0.600. The summed E-state index contributed by atoms with van der Waals surface area (Å²) in [5.41, 5.74) is 0. The van der Waals surface area contributed by atoms with Crippen molar-refractivity contribution in [2.75, 3.05) is 11.4 Å². The first-order chi connectivity index (χ1) is 6.38. The molecule has 1 atom stereocenters. The zero-order valence-corrected chi connectivity index (χ0v) is 7.90. The van der Waals surface area contributed by atoms with Crippen LogP contribution in [0.25, 0.3) is 0 Å². The van der Waals surface area contributed by atoms with Crippen LogP contribution in [0.1, 0.15) is 26.2 Å². The van der Waals surface area contributed by atoms with Crippen molar-refractivity contribution < 1.29 is 0 Å². The summed E-state index contributed by atoms with van der Waals surface area (Å²) in [7, 11) is 0. The molecule has 1 unspecified atom stereocenters. The fourth-order valence-electron chi connectivity index (χ4n) is 1.84. The Bertz CT molecular complexity index is 260. The molecule has 1 aliphatic heterocycles. The van der Waals surface area contributed by atoms with E-state index in [-0.39, 0.29) is 0 Å². The van der Waals surface area contributed by atoms with E-state index < -0.39 is 0 Å². The Kier molecular flexibility index (Phi) is 2.43. The molecule has 69 valence electrons. The zero-order chi connectivity index (χ0) is 9.10. The van der Waals surface area contributed by atoms with Gasteiger partial charge in [0.05, 0.1) is 12.4 Å². The molecule has 2 rings (SSSR count). The predicted octanol–water partition coefficient (Wildman–Crippen LogP) is 1.66. The van der Waals surface area contributed by atoms with Crippen molar-refractivity contribution in [3.05, 3.63) is 18.6 Å². The summed E-state index contributed by atoms with van der Waals surface area (Å²) in [6.45, 7) is 3.35. The molecule has 0 aliphatic carbocycles. The normalized spacial score (nSPS) is 23.2. The molecule has 0 saturated carbocycles. The first kappa shape index (κ1) is 8.48. The summed E-state index contributed by atoms with van der Waals surface area (Å²) >= 11 is 0. The van der Waals surface area contributed by atoms with E-state index in [2.05, 4.69) is 28.0 Å². The Labute approximate surface area is 78.8 Å². The van der Waals surface area contributed by atoms with Crippen LogP contribution in [0, 0.1) is 6.20 Å². The lowest BCUT2D eigenvalue weighted by Gasteiger charge is -2.33. The van der Waals surface area contributed by atoms with Gasteiger partial charge in [0.2, 0.25) is 0 Å². The van der Waals surface area contributed by atoms with Gasteiger partial charge >= 0.3 is 0 Å². The molecular weight excluding hydrogens is 162 g/mol. The largest absolute Gasteiger partial charge is 0.353 e. The minimum Gasteiger partial charge on any atom is -0.353 e. The molecule has 0 aromatic carbocycles. The minimum atomic E-state index is 0.596. The Morgan fingerprint density at radius 2 is 2.46 bits per heavy atom. The average Bonchev–Trinajstić information content (AvgIpc) is 2.20. The lowest BCUT2D eigenvalue weighted by molar-refractivity contribution is 0.480. The molecular formula is C10H14N3. The third kappa shape index (κ3) is 1.79. The fourth-order valence-corrected chi connectivity index (χ4v) is 1.84. The highest BCUT2D eigenvalue weighted by molar-refractivity contribution is 5.36. The summed E-state index contributed by atoms with van der Waals surface area (Å²) in [5, 5.41) is 0. The maximum absolute atomic E-state index is 4.19. The number of nitrogens with zero attached hydrogens (tertiary/aromatic N) is 3. The van der Waals surface area contributed by atoms with E-state index in [0.717, 1.165) is 12.4 Å². The van der Waals surface area contributed by atoms with Crippen LogP contribution in [-0.4, -0.2) is 22.6 Å². The van der Waals surface area contributed by atoms with Crippen LogP contribution in [0.5, 0.6) is 0 Å². The van der Waals surface area contributed by atoms with E-state index in [4.69, 9.17) is 0 Å². The second-order valence-corrected chi connectivity index (χ2v) is 3.54. The number of piperidine rings is 1. The highest BCUT2D eigenvalue weighted by Crippen LogP contribution is 2.21. The first-order valence-corrected chi connectivity index (χ1v) is 4.82. The van der Waals surface area contributed by atoms with Gasteiger partial charge in [-0.15, -0.1) is 0 Å². The molecule has 3 nitrogen and oxygen atoms in total. The lowest BCUT2D eigenvalue weighted by Crippen LogP contribution is -2.37. The van der Waals surface area contributed by atoms with Crippen molar-refractivity contribution in [2.45, 2.75) is 32.2 Å². The average molecular weight is 176 g/mol. The first-order valence-electron chi connectivity index (χ1n) is 4.82. The molecule has 0 amide bonds.